The zero-order valence-corrected chi connectivity index (χ0v) is 16.1. The minimum Gasteiger partial charge on any atom is -0.378 e. The van der Waals surface area contributed by atoms with E-state index >= 15 is 0 Å². The van der Waals surface area contributed by atoms with Crippen LogP contribution in [0, 0.1) is 0 Å². The highest BCUT2D eigenvalue weighted by Gasteiger charge is 2.38. The van der Waals surface area contributed by atoms with Crippen LogP contribution in [0.1, 0.15) is 54.3 Å². The molecule has 1 amide bonds. The molecule has 0 radical (unpaired) electrons. The van der Waals surface area contributed by atoms with E-state index in [0.717, 1.165) is 16.5 Å². The van der Waals surface area contributed by atoms with Gasteiger partial charge >= 0.3 is 0 Å². The second-order valence-electron chi connectivity index (χ2n) is 7.56. The van der Waals surface area contributed by atoms with Crippen molar-refractivity contribution in [2.45, 2.75) is 48.0 Å². The molecule has 1 atom stereocenters. The number of rotatable bonds is 6. The fourth-order valence-corrected chi connectivity index (χ4v) is 4.81. The molecule has 6 nitrogen and oxygen atoms in total. The minimum atomic E-state index is -0.293. The Bertz CT molecular complexity index is 811. The molecular weight excluding hydrogens is 360 g/mol. The molecule has 7 heteroatoms. The van der Waals surface area contributed by atoms with Gasteiger partial charge in [-0.3, -0.25) is 4.79 Å². The van der Waals surface area contributed by atoms with E-state index in [9.17, 15) is 4.79 Å². The van der Waals surface area contributed by atoms with Crippen molar-refractivity contribution in [2.75, 3.05) is 26.3 Å². The highest BCUT2D eigenvalue weighted by atomic mass is 32.2. The van der Waals surface area contributed by atoms with Gasteiger partial charge in [0.25, 0.3) is 0 Å². The van der Waals surface area contributed by atoms with E-state index in [1.165, 1.54) is 25.7 Å². The maximum absolute atomic E-state index is 13.3. The van der Waals surface area contributed by atoms with Crippen molar-refractivity contribution in [3.8, 4) is 0 Å². The molecule has 27 heavy (non-hydrogen) atoms. The van der Waals surface area contributed by atoms with Crippen molar-refractivity contribution in [1.29, 1.82) is 0 Å². The zero-order valence-electron chi connectivity index (χ0n) is 15.3. The van der Waals surface area contributed by atoms with Gasteiger partial charge in [-0.05, 0) is 31.2 Å². The van der Waals surface area contributed by atoms with Gasteiger partial charge in [0.2, 0.25) is 5.91 Å². The van der Waals surface area contributed by atoms with Crippen LogP contribution < -0.4 is 0 Å². The third-order valence-electron chi connectivity index (χ3n) is 5.42. The summed E-state index contributed by atoms with van der Waals surface area (Å²) in [5.41, 5.74) is 1.03. The lowest BCUT2D eigenvalue weighted by molar-refractivity contribution is -0.134. The molecule has 1 aliphatic heterocycles. The molecule has 3 aliphatic rings. The number of aromatic nitrogens is 3. The minimum absolute atomic E-state index is 0.146. The number of thioether (sulfide) groups is 1. The molecule has 142 valence electrons. The van der Waals surface area contributed by atoms with Crippen molar-refractivity contribution in [1.82, 2.24) is 19.7 Å². The van der Waals surface area contributed by atoms with E-state index in [-0.39, 0.29) is 11.2 Å². The predicted octanol–water partition coefficient (Wildman–Crippen LogP) is 3.18. The van der Waals surface area contributed by atoms with Gasteiger partial charge in [0.05, 0.1) is 13.2 Å². The fourth-order valence-electron chi connectivity index (χ4n) is 3.61. The molecule has 2 aromatic rings. The molecule has 3 fully saturated rings. The summed E-state index contributed by atoms with van der Waals surface area (Å²) in [6, 6.07) is 10.6. The van der Waals surface area contributed by atoms with Crippen LogP contribution >= 0.6 is 11.8 Å². The highest BCUT2D eigenvalue weighted by Crippen LogP contribution is 2.47. The summed E-state index contributed by atoms with van der Waals surface area (Å²) in [6.07, 6.45) is 4.81. The van der Waals surface area contributed by atoms with Crippen molar-refractivity contribution >= 4 is 17.7 Å². The van der Waals surface area contributed by atoms with Crippen LogP contribution in [-0.4, -0.2) is 51.9 Å². The number of hydrogen-bond acceptors (Lipinski definition) is 5. The lowest BCUT2D eigenvalue weighted by atomic mass is 10.1. The number of ether oxygens (including phenoxy) is 1. The quantitative estimate of drug-likeness (QED) is 0.716. The second kappa shape index (κ2) is 7.28. The maximum atomic E-state index is 13.3. The number of nitrogens with zero attached hydrogens (tertiary/aromatic N) is 4. The van der Waals surface area contributed by atoms with E-state index < -0.39 is 0 Å². The van der Waals surface area contributed by atoms with Crippen molar-refractivity contribution < 1.29 is 9.53 Å². The van der Waals surface area contributed by atoms with E-state index in [2.05, 4.69) is 14.8 Å². The van der Waals surface area contributed by atoms with Crippen molar-refractivity contribution in [3.63, 3.8) is 0 Å². The number of carbonyl (C=O) groups excluding carboxylic acids is 1. The summed E-state index contributed by atoms with van der Waals surface area (Å²) in [6.45, 7) is 2.54. The van der Waals surface area contributed by atoms with Crippen LogP contribution in [-0.2, 0) is 9.53 Å². The van der Waals surface area contributed by atoms with Gasteiger partial charge in [0, 0.05) is 25.0 Å². The first-order chi connectivity index (χ1) is 13.3. The molecule has 2 heterocycles. The fraction of sp³-hybridized carbons (Fsp3) is 0.550. The number of amides is 1. The standard InChI is InChI=1S/C20H24N4O2S/c25-19(23-10-12-26-13-11-23)17(14-4-2-1-3-5-14)27-20-22-21-18(15-6-7-15)24(20)16-8-9-16/h1-5,15-17H,6-13H2/t17-/m1/s1. The average Bonchev–Trinajstić information content (AvgIpc) is 3.66. The first kappa shape index (κ1) is 17.3. The molecule has 0 N–H and O–H groups in total. The van der Waals surface area contributed by atoms with Crippen LogP contribution in [0.3, 0.4) is 0 Å². The number of hydrogen-bond donors (Lipinski definition) is 0. The number of benzene rings is 1. The van der Waals surface area contributed by atoms with Gasteiger partial charge in [0.1, 0.15) is 11.1 Å². The summed E-state index contributed by atoms with van der Waals surface area (Å²) in [5, 5.41) is 9.62. The maximum Gasteiger partial charge on any atom is 0.240 e. The van der Waals surface area contributed by atoms with E-state index in [1.54, 1.807) is 11.8 Å². The Morgan fingerprint density at radius 2 is 1.81 bits per heavy atom. The first-order valence-electron chi connectivity index (χ1n) is 9.84. The summed E-state index contributed by atoms with van der Waals surface area (Å²) in [5.74, 6) is 1.84. The smallest absolute Gasteiger partial charge is 0.240 e. The van der Waals surface area contributed by atoms with Crippen LogP contribution in [0.25, 0.3) is 0 Å². The van der Waals surface area contributed by atoms with Crippen molar-refractivity contribution in [2.24, 2.45) is 0 Å². The molecule has 1 aromatic carbocycles. The SMILES string of the molecule is O=C([C@H](Sc1nnc(C2CC2)n1C1CC1)c1ccccc1)N1CCOCC1. The van der Waals surface area contributed by atoms with Gasteiger partial charge in [-0.25, -0.2) is 0 Å². The lowest BCUT2D eigenvalue weighted by Gasteiger charge is -2.30. The normalized spacial score (nSPS) is 21.3. The summed E-state index contributed by atoms with van der Waals surface area (Å²) >= 11 is 1.56. The summed E-state index contributed by atoms with van der Waals surface area (Å²) in [4.78, 5) is 15.3. The van der Waals surface area contributed by atoms with E-state index in [1.807, 2.05) is 35.2 Å². The molecule has 0 spiro atoms. The Morgan fingerprint density at radius 3 is 2.48 bits per heavy atom. The average molecular weight is 385 g/mol. The largest absolute Gasteiger partial charge is 0.378 e. The third kappa shape index (κ3) is 3.62. The summed E-state index contributed by atoms with van der Waals surface area (Å²) < 4.78 is 7.75. The summed E-state index contributed by atoms with van der Waals surface area (Å²) in [7, 11) is 0. The van der Waals surface area contributed by atoms with Gasteiger partial charge in [0.15, 0.2) is 5.16 Å². The van der Waals surface area contributed by atoms with Crippen LogP contribution in [0.5, 0.6) is 0 Å². The first-order valence-corrected chi connectivity index (χ1v) is 10.7. The van der Waals surface area contributed by atoms with Crippen molar-refractivity contribution in [3.05, 3.63) is 41.7 Å². The lowest BCUT2D eigenvalue weighted by Crippen LogP contribution is -2.42. The van der Waals surface area contributed by atoms with Crippen LogP contribution in [0.2, 0.25) is 0 Å². The Balaban J connectivity index is 1.45. The second-order valence-corrected chi connectivity index (χ2v) is 8.63. The molecule has 1 saturated heterocycles. The van der Waals surface area contributed by atoms with Gasteiger partial charge in [-0.1, -0.05) is 42.1 Å². The molecule has 0 bridgehead atoms. The molecule has 5 rings (SSSR count). The Morgan fingerprint density at radius 1 is 1.07 bits per heavy atom. The molecule has 1 aromatic heterocycles. The Labute approximate surface area is 163 Å². The van der Waals surface area contributed by atoms with Crippen LogP contribution in [0.15, 0.2) is 35.5 Å². The van der Waals surface area contributed by atoms with Gasteiger partial charge in [-0.2, -0.15) is 0 Å². The Hall–Kier alpha value is -1.86. The predicted molar refractivity (Wildman–Crippen MR) is 103 cm³/mol. The number of morpholine rings is 1. The molecule has 2 aliphatic carbocycles. The molecule has 0 unspecified atom stereocenters. The number of carbonyl (C=O) groups is 1. The van der Waals surface area contributed by atoms with Gasteiger partial charge < -0.3 is 14.2 Å². The monoisotopic (exact) mass is 384 g/mol. The van der Waals surface area contributed by atoms with E-state index in [0.29, 0.717) is 38.3 Å². The van der Waals surface area contributed by atoms with Gasteiger partial charge in [-0.15, -0.1) is 10.2 Å². The Kier molecular flexibility index (Phi) is 4.65. The highest BCUT2D eigenvalue weighted by molar-refractivity contribution is 8.00. The third-order valence-corrected chi connectivity index (χ3v) is 6.62. The molecule has 2 saturated carbocycles. The zero-order chi connectivity index (χ0) is 18.2. The molecular formula is C20H24N4O2S. The topological polar surface area (TPSA) is 60.2 Å². The van der Waals surface area contributed by atoms with E-state index in [4.69, 9.17) is 4.74 Å². The van der Waals surface area contributed by atoms with Crippen LogP contribution in [0.4, 0.5) is 0 Å².